The summed E-state index contributed by atoms with van der Waals surface area (Å²) >= 11 is 0. The lowest BCUT2D eigenvalue weighted by Crippen LogP contribution is -1.97. The van der Waals surface area contributed by atoms with E-state index in [2.05, 4.69) is 15.5 Å². The van der Waals surface area contributed by atoms with E-state index < -0.39 is 0 Å². The van der Waals surface area contributed by atoms with E-state index in [4.69, 9.17) is 0 Å². The smallest absolute Gasteiger partial charge is 0.143 e. The van der Waals surface area contributed by atoms with Crippen molar-refractivity contribution in [2.24, 2.45) is 0 Å². The van der Waals surface area contributed by atoms with Crippen LogP contribution in [0.5, 0.6) is 0 Å². The van der Waals surface area contributed by atoms with Crippen LogP contribution in [0.25, 0.3) is 11.4 Å². The van der Waals surface area contributed by atoms with Gasteiger partial charge in [0.25, 0.3) is 0 Å². The van der Waals surface area contributed by atoms with E-state index in [0.717, 1.165) is 11.4 Å². The van der Waals surface area contributed by atoms with Gasteiger partial charge in [-0.25, -0.2) is 4.68 Å². The lowest BCUT2D eigenvalue weighted by atomic mass is 10.3. The zero-order valence-corrected chi connectivity index (χ0v) is 8.43. The molecule has 78 valence electrons. The van der Waals surface area contributed by atoms with Gasteiger partial charge < -0.3 is 4.57 Å². The standard InChI is InChI=1S/C11H9N5/c1-2-7-15(6-1)10-4-3-5-11(8-10)16-9-12-13-14-16/h1-9H. The lowest BCUT2D eigenvalue weighted by Gasteiger charge is -2.05. The van der Waals surface area contributed by atoms with E-state index in [0.29, 0.717) is 0 Å². The number of hydrogen-bond donors (Lipinski definition) is 0. The maximum absolute atomic E-state index is 3.86. The second-order valence-electron chi connectivity index (χ2n) is 3.36. The summed E-state index contributed by atoms with van der Waals surface area (Å²) in [5.41, 5.74) is 2.02. The molecule has 0 bridgehead atoms. The normalized spacial score (nSPS) is 10.5. The number of nitrogens with zero attached hydrogens (tertiary/aromatic N) is 5. The van der Waals surface area contributed by atoms with Gasteiger partial charge >= 0.3 is 0 Å². The van der Waals surface area contributed by atoms with Gasteiger partial charge in [0.05, 0.1) is 5.69 Å². The molecule has 1 aromatic carbocycles. The fraction of sp³-hybridized carbons (Fsp3) is 0. The van der Waals surface area contributed by atoms with Gasteiger partial charge in [0.15, 0.2) is 0 Å². The molecule has 3 aromatic rings. The van der Waals surface area contributed by atoms with E-state index >= 15 is 0 Å². The molecule has 0 amide bonds. The van der Waals surface area contributed by atoms with E-state index in [9.17, 15) is 0 Å². The molecule has 5 nitrogen and oxygen atoms in total. The molecule has 0 aliphatic rings. The van der Waals surface area contributed by atoms with Gasteiger partial charge in [0, 0.05) is 18.1 Å². The molecule has 0 saturated heterocycles. The van der Waals surface area contributed by atoms with Gasteiger partial charge in [0.2, 0.25) is 0 Å². The van der Waals surface area contributed by atoms with Crippen molar-refractivity contribution < 1.29 is 0 Å². The first-order chi connectivity index (χ1) is 7.93. The van der Waals surface area contributed by atoms with Gasteiger partial charge in [-0.05, 0) is 40.8 Å². The molecule has 0 aliphatic carbocycles. The molecule has 3 rings (SSSR count). The summed E-state index contributed by atoms with van der Waals surface area (Å²) in [5.74, 6) is 0. The third-order valence-corrected chi connectivity index (χ3v) is 2.35. The van der Waals surface area contributed by atoms with Crippen molar-refractivity contribution >= 4 is 0 Å². The first-order valence-electron chi connectivity index (χ1n) is 4.90. The number of hydrogen-bond acceptors (Lipinski definition) is 3. The Bertz CT molecular complexity index is 519. The fourth-order valence-electron chi connectivity index (χ4n) is 1.58. The van der Waals surface area contributed by atoms with E-state index in [1.807, 2.05) is 53.4 Å². The molecular weight excluding hydrogens is 202 g/mol. The predicted molar refractivity (Wildman–Crippen MR) is 58.5 cm³/mol. The molecule has 16 heavy (non-hydrogen) atoms. The number of rotatable bonds is 2. The van der Waals surface area contributed by atoms with Crippen LogP contribution in [-0.4, -0.2) is 24.8 Å². The molecule has 0 aliphatic heterocycles. The minimum absolute atomic E-state index is 0.941. The predicted octanol–water partition coefficient (Wildman–Crippen LogP) is 1.45. The fourth-order valence-corrected chi connectivity index (χ4v) is 1.58. The molecule has 0 N–H and O–H groups in total. The zero-order chi connectivity index (χ0) is 10.8. The van der Waals surface area contributed by atoms with Crippen LogP contribution in [0.15, 0.2) is 55.1 Å². The lowest BCUT2D eigenvalue weighted by molar-refractivity contribution is 0.788. The molecule has 0 unspecified atom stereocenters. The van der Waals surface area contributed by atoms with Crippen LogP contribution in [0, 0.1) is 0 Å². The highest BCUT2D eigenvalue weighted by atomic mass is 15.5. The molecule has 0 atom stereocenters. The Balaban J connectivity index is 2.07. The van der Waals surface area contributed by atoms with Crippen LogP contribution in [-0.2, 0) is 0 Å². The van der Waals surface area contributed by atoms with Crippen LogP contribution < -0.4 is 0 Å². The summed E-state index contributed by atoms with van der Waals surface area (Å²) in [4.78, 5) is 0. The van der Waals surface area contributed by atoms with E-state index in [1.165, 1.54) is 0 Å². The average Bonchev–Trinajstić information content (AvgIpc) is 3.03. The van der Waals surface area contributed by atoms with Gasteiger partial charge in [-0.1, -0.05) is 6.07 Å². The van der Waals surface area contributed by atoms with Crippen LogP contribution >= 0.6 is 0 Å². The summed E-state index contributed by atoms with van der Waals surface area (Å²) in [5, 5.41) is 11.1. The maximum Gasteiger partial charge on any atom is 0.143 e. The largest absolute Gasteiger partial charge is 0.324 e. The Hall–Kier alpha value is -2.43. The second kappa shape index (κ2) is 3.62. The number of tetrazole rings is 1. The number of benzene rings is 1. The van der Waals surface area contributed by atoms with E-state index in [-0.39, 0.29) is 0 Å². The third-order valence-electron chi connectivity index (χ3n) is 2.35. The Morgan fingerprint density at radius 1 is 0.938 bits per heavy atom. The molecule has 0 spiro atoms. The monoisotopic (exact) mass is 211 g/mol. The first-order valence-corrected chi connectivity index (χ1v) is 4.90. The van der Waals surface area contributed by atoms with E-state index in [1.54, 1.807) is 11.0 Å². The molecule has 2 heterocycles. The molecule has 0 radical (unpaired) electrons. The SMILES string of the molecule is c1cc(-n2cccc2)cc(-n2cnnn2)c1. The summed E-state index contributed by atoms with van der Waals surface area (Å²) < 4.78 is 3.67. The molecule has 2 aromatic heterocycles. The summed E-state index contributed by atoms with van der Waals surface area (Å²) in [6.45, 7) is 0. The Kier molecular flexibility index (Phi) is 2.00. The van der Waals surface area contributed by atoms with Gasteiger partial charge in [0.1, 0.15) is 6.33 Å². The third kappa shape index (κ3) is 1.48. The van der Waals surface area contributed by atoms with Gasteiger partial charge in [-0.2, -0.15) is 0 Å². The van der Waals surface area contributed by atoms with Crippen molar-refractivity contribution in [1.82, 2.24) is 24.8 Å². The number of aromatic nitrogens is 5. The highest BCUT2D eigenvalue weighted by Crippen LogP contribution is 2.12. The quantitative estimate of drug-likeness (QED) is 0.644. The van der Waals surface area contributed by atoms with Crippen LogP contribution in [0.1, 0.15) is 0 Å². The summed E-state index contributed by atoms with van der Waals surface area (Å²) in [6, 6.07) is 12.0. The van der Waals surface area contributed by atoms with Crippen molar-refractivity contribution in [3.05, 3.63) is 55.1 Å². The van der Waals surface area contributed by atoms with Crippen molar-refractivity contribution in [2.75, 3.05) is 0 Å². The molecule has 5 heteroatoms. The average molecular weight is 211 g/mol. The maximum atomic E-state index is 3.86. The van der Waals surface area contributed by atoms with Gasteiger partial charge in [-0.3, -0.25) is 0 Å². The Morgan fingerprint density at radius 3 is 2.50 bits per heavy atom. The minimum Gasteiger partial charge on any atom is -0.324 e. The van der Waals surface area contributed by atoms with Crippen molar-refractivity contribution in [2.45, 2.75) is 0 Å². The minimum atomic E-state index is 0.941. The van der Waals surface area contributed by atoms with Crippen LogP contribution in [0.2, 0.25) is 0 Å². The van der Waals surface area contributed by atoms with Gasteiger partial charge in [-0.15, -0.1) is 5.10 Å². The van der Waals surface area contributed by atoms with Crippen LogP contribution in [0.4, 0.5) is 0 Å². The van der Waals surface area contributed by atoms with Crippen molar-refractivity contribution in [1.29, 1.82) is 0 Å². The molecular formula is C11H9N5. The van der Waals surface area contributed by atoms with Crippen LogP contribution in [0.3, 0.4) is 0 Å². The van der Waals surface area contributed by atoms with Crippen molar-refractivity contribution in [3.63, 3.8) is 0 Å². The Labute approximate surface area is 91.9 Å². The molecule has 0 fully saturated rings. The van der Waals surface area contributed by atoms with Crippen molar-refractivity contribution in [3.8, 4) is 11.4 Å². The topological polar surface area (TPSA) is 48.5 Å². The summed E-state index contributed by atoms with van der Waals surface area (Å²) in [7, 11) is 0. The highest BCUT2D eigenvalue weighted by molar-refractivity contribution is 5.43. The molecule has 0 saturated carbocycles. The Morgan fingerprint density at radius 2 is 1.75 bits per heavy atom. The second-order valence-corrected chi connectivity index (χ2v) is 3.36. The zero-order valence-electron chi connectivity index (χ0n) is 8.43. The first kappa shape index (κ1) is 8.84. The summed E-state index contributed by atoms with van der Waals surface area (Å²) in [6.07, 6.45) is 5.58. The highest BCUT2D eigenvalue weighted by Gasteiger charge is 2.00.